The number of thiophene rings is 1. The molecule has 6 heteroatoms. The molecule has 0 radical (unpaired) electrons. The molecule has 0 aromatic carbocycles. The fourth-order valence-electron chi connectivity index (χ4n) is 1.86. The molecule has 1 heterocycles. The second-order valence-corrected chi connectivity index (χ2v) is 7.76. The van der Waals surface area contributed by atoms with E-state index in [4.69, 9.17) is 5.73 Å². The van der Waals surface area contributed by atoms with Crippen molar-refractivity contribution in [2.75, 3.05) is 13.6 Å². The zero-order valence-electron chi connectivity index (χ0n) is 9.93. The molecular weight excluding hydrogens is 256 g/mol. The second kappa shape index (κ2) is 5.06. The SMILES string of the molecule is CN(C1CCC1)S(=O)(=O)c1ccc(CCN)s1. The van der Waals surface area contributed by atoms with E-state index in [9.17, 15) is 8.42 Å². The summed E-state index contributed by atoms with van der Waals surface area (Å²) < 4.78 is 26.5. The smallest absolute Gasteiger partial charge is 0.252 e. The summed E-state index contributed by atoms with van der Waals surface area (Å²) in [6, 6.07) is 3.75. The van der Waals surface area contributed by atoms with Gasteiger partial charge in [0.1, 0.15) is 4.21 Å². The van der Waals surface area contributed by atoms with Gasteiger partial charge in [0, 0.05) is 18.0 Å². The van der Waals surface area contributed by atoms with Gasteiger partial charge in [-0.3, -0.25) is 0 Å². The molecule has 0 unspecified atom stereocenters. The summed E-state index contributed by atoms with van der Waals surface area (Å²) >= 11 is 1.34. The Hall–Kier alpha value is -0.430. The molecule has 4 nitrogen and oxygen atoms in total. The standard InChI is InChI=1S/C11H18N2O2S2/c1-13(9-3-2-4-9)17(14,15)11-6-5-10(16-11)7-8-12/h5-6,9H,2-4,7-8,12H2,1H3. The Morgan fingerprint density at radius 2 is 2.18 bits per heavy atom. The van der Waals surface area contributed by atoms with E-state index in [0.29, 0.717) is 10.8 Å². The van der Waals surface area contributed by atoms with E-state index in [1.54, 1.807) is 13.1 Å². The van der Waals surface area contributed by atoms with E-state index in [1.165, 1.54) is 15.6 Å². The lowest BCUT2D eigenvalue weighted by molar-refractivity contribution is 0.250. The van der Waals surface area contributed by atoms with Gasteiger partial charge in [-0.1, -0.05) is 6.42 Å². The van der Waals surface area contributed by atoms with Crippen molar-refractivity contribution in [2.24, 2.45) is 5.73 Å². The predicted molar refractivity (Wildman–Crippen MR) is 69.7 cm³/mol. The molecule has 1 aromatic rings. The molecule has 96 valence electrons. The van der Waals surface area contributed by atoms with Crippen molar-refractivity contribution in [2.45, 2.75) is 35.9 Å². The van der Waals surface area contributed by atoms with Crippen LogP contribution in [0, 0.1) is 0 Å². The van der Waals surface area contributed by atoms with Crippen LogP contribution in [0.5, 0.6) is 0 Å². The van der Waals surface area contributed by atoms with Crippen LogP contribution in [0.15, 0.2) is 16.3 Å². The summed E-state index contributed by atoms with van der Waals surface area (Å²) in [5.41, 5.74) is 5.46. The van der Waals surface area contributed by atoms with E-state index in [2.05, 4.69) is 0 Å². The number of sulfonamides is 1. The van der Waals surface area contributed by atoms with Crippen molar-refractivity contribution in [1.82, 2.24) is 4.31 Å². The van der Waals surface area contributed by atoms with Crippen LogP contribution in [-0.4, -0.2) is 32.4 Å². The molecule has 1 saturated carbocycles. The van der Waals surface area contributed by atoms with Gasteiger partial charge in [0.2, 0.25) is 0 Å². The first kappa shape index (κ1) is 13.0. The van der Waals surface area contributed by atoms with Crippen LogP contribution in [0.25, 0.3) is 0 Å². The monoisotopic (exact) mass is 274 g/mol. The quantitative estimate of drug-likeness (QED) is 0.883. The van der Waals surface area contributed by atoms with Gasteiger partial charge in [-0.15, -0.1) is 11.3 Å². The first-order valence-corrected chi connectivity index (χ1v) is 8.08. The molecule has 2 N–H and O–H groups in total. The molecular formula is C11H18N2O2S2. The molecule has 1 aromatic heterocycles. The lowest BCUT2D eigenvalue weighted by atomic mass is 9.94. The van der Waals surface area contributed by atoms with Gasteiger partial charge in [-0.05, 0) is 37.9 Å². The van der Waals surface area contributed by atoms with Crippen molar-refractivity contribution in [1.29, 1.82) is 0 Å². The molecule has 17 heavy (non-hydrogen) atoms. The molecule has 0 atom stereocenters. The summed E-state index contributed by atoms with van der Waals surface area (Å²) in [5.74, 6) is 0. The molecule has 2 rings (SSSR count). The molecule has 0 amide bonds. The van der Waals surface area contributed by atoms with Crippen LogP contribution in [0.1, 0.15) is 24.1 Å². The maximum Gasteiger partial charge on any atom is 0.252 e. The molecule has 1 aliphatic rings. The van der Waals surface area contributed by atoms with Gasteiger partial charge >= 0.3 is 0 Å². The van der Waals surface area contributed by atoms with E-state index < -0.39 is 10.0 Å². The molecule has 0 saturated heterocycles. The van der Waals surface area contributed by atoms with Crippen molar-refractivity contribution in [3.63, 3.8) is 0 Å². The molecule has 0 bridgehead atoms. The van der Waals surface area contributed by atoms with Gasteiger partial charge in [-0.2, -0.15) is 4.31 Å². The summed E-state index contributed by atoms with van der Waals surface area (Å²) in [5, 5.41) is 0. The van der Waals surface area contributed by atoms with Crippen molar-refractivity contribution < 1.29 is 8.42 Å². The number of nitrogens with zero attached hydrogens (tertiary/aromatic N) is 1. The van der Waals surface area contributed by atoms with Crippen LogP contribution >= 0.6 is 11.3 Å². The molecule has 1 fully saturated rings. The average molecular weight is 274 g/mol. The normalized spacial score (nSPS) is 17.4. The summed E-state index contributed by atoms with van der Waals surface area (Å²) in [4.78, 5) is 1.04. The lowest BCUT2D eigenvalue weighted by Gasteiger charge is -2.33. The zero-order chi connectivity index (χ0) is 12.5. The molecule has 1 aliphatic carbocycles. The maximum absolute atomic E-state index is 12.3. The van der Waals surface area contributed by atoms with E-state index in [0.717, 1.165) is 30.6 Å². The Labute approximate surface area is 106 Å². The summed E-state index contributed by atoms with van der Waals surface area (Å²) in [6.45, 7) is 0.554. The largest absolute Gasteiger partial charge is 0.330 e. The Morgan fingerprint density at radius 3 is 2.71 bits per heavy atom. The maximum atomic E-state index is 12.3. The highest BCUT2D eigenvalue weighted by Crippen LogP contribution is 2.31. The van der Waals surface area contributed by atoms with Gasteiger partial charge in [0.05, 0.1) is 0 Å². The van der Waals surface area contributed by atoms with Crippen LogP contribution in [0.3, 0.4) is 0 Å². The van der Waals surface area contributed by atoms with Crippen LogP contribution in [0.4, 0.5) is 0 Å². The Balaban J connectivity index is 2.18. The van der Waals surface area contributed by atoms with Gasteiger partial charge < -0.3 is 5.73 Å². The first-order chi connectivity index (χ1) is 8.05. The lowest BCUT2D eigenvalue weighted by Crippen LogP contribution is -2.40. The Morgan fingerprint density at radius 1 is 1.47 bits per heavy atom. The highest BCUT2D eigenvalue weighted by atomic mass is 32.2. The van der Waals surface area contributed by atoms with E-state index in [1.807, 2.05) is 6.07 Å². The second-order valence-electron chi connectivity index (χ2n) is 4.37. The summed E-state index contributed by atoms with van der Waals surface area (Å²) in [6.07, 6.45) is 3.84. The minimum atomic E-state index is -3.29. The topological polar surface area (TPSA) is 63.4 Å². The van der Waals surface area contributed by atoms with Crippen LogP contribution in [0.2, 0.25) is 0 Å². The minimum absolute atomic E-state index is 0.194. The van der Waals surface area contributed by atoms with Gasteiger partial charge in [-0.25, -0.2) is 8.42 Å². The van der Waals surface area contributed by atoms with Crippen molar-refractivity contribution >= 4 is 21.4 Å². The number of nitrogens with two attached hydrogens (primary N) is 1. The van der Waals surface area contributed by atoms with Crippen molar-refractivity contribution in [3.8, 4) is 0 Å². The van der Waals surface area contributed by atoms with E-state index in [-0.39, 0.29) is 6.04 Å². The third kappa shape index (κ3) is 2.54. The van der Waals surface area contributed by atoms with Crippen LogP contribution < -0.4 is 5.73 Å². The minimum Gasteiger partial charge on any atom is -0.330 e. The molecule has 0 aliphatic heterocycles. The Kier molecular flexibility index (Phi) is 3.87. The third-order valence-electron chi connectivity index (χ3n) is 3.25. The highest BCUT2D eigenvalue weighted by Gasteiger charge is 2.32. The number of hydrogen-bond acceptors (Lipinski definition) is 4. The highest BCUT2D eigenvalue weighted by molar-refractivity contribution is 7.91. The zero-order valence-corrected chi connectivity index (χ0v) is 11.6. The van der Waals surface area contributed by atoms with Gasteiger partial charge in [0.25, 0.3) is 10.0 Å². The number of rotatable bonds is 5. The van der Waals surface area contributed by atoms with Crippen molar-refractivity contribution in [3.05, 3.63) is 17.0 Å². The average Bonchev–Trinajstić information content (AvgIpc) is 2.64. The summed E-state index contributed by atoms with van der Waals surface area (Å²) in [7, 11) is -1.60. The fourth-order valence-corrected chi connectivity index (χ4v) is 4.83. The predicted octanol–water partition coefficient (Wildman–Crippen LogP) is 1.42. The third-order valence-corrected chi connectivity index (χ3v) is 6.77. The molecule has 0 spiro atoms. The Bertz CT molecular complexity index is 477. The van der Waals surface area contributed by atoms with E-state index >= 15 is 0 Å². The first-order valence-electron chi connectivity index (χ1n) is 5.82. The number of hydrogen-bond donors (Lipinski definition) is 1. The fraction of sp³-hybridized carbons (Fsp3) is 0.636. The van der Waals surface area contributed by atoms with Crippen LogP contribution in [-0.2, 0) is 16.4 Å². The van der Waals surface area contributed by atoms with Gasteiger partial charge in [0.15, 0.2) is 0 Å².